The minimum Gasteiger partial charge on any atom is -0.408 e. The Morgan fingerprint density at radius 3 is 2.72 bits per heavy atom. The van der Waals surface area contributed by atoms with Crippen molar-refractivity contribution in [2.75, 3.05) is 26.2 Å². The second kappa shape index (κ2) is 7.84. The second-order valence-corrected chi connectivity index (χ2v) is 6.57. The molecule has 1 aromatic carbocycles. The molecule has 1 fully saturated rings. The fraction of sp³-hybridized carbons (Fsp3) is 0.556. The number of benzene rings is 1. The number of nitrogens with zero attached hydrogens (tertiary/aromatic N) is 3. The van der Waals surface area contributed by atoms with Gasteiger partial charge in [0.15, 0.2) is 5.75 Å². The summed E-state index contributed by atoms with van der Waals surface area (Å²) in [5.74, 6) is 1.84. The molecule has 7 nitrogen and oxygen atoms in total. The van der Waals surface area contributed by atoms with E-state index in [4.69, 9.17) is 21.2 Å². The van der Waals surface area contributed by atoms with Gasteiger partial charge in [-0.2, -0.15) is 0 Å². The van der Waals surface area contributed by atoms with Gasteiger partial charge >= 0.3 is 6.09 Å². The number of nitrogens with two attached hydrogens (primary N) is 2. The molecular formula is C18H27N5O2. The third-order valence-corrected chi connectivity index (χ3v) is 4.83. The molecule has 0 unspecified atom stereocenters. The van der Waals surface area contributed by atoms with Gasteiger partial charge in [0.1, 0.15) is 11.3 Å². The maximum atomic E-state index is 11.2. The van der Waals surface area contributed by atoms with Crippen molar-refractivity contribution in [3.63, 3.8) is 0 Å². The molecule has 0 saturated carbocycles. The van der Waals surface area contributed by atoms with Crippen LogP contribution >= 0.6 is 0 Å². The van der Waals surface area contributed by atoms with Crippen LogP contribution in [-0.4, -0.2) is 46.7 Å². The Morgan fingerprint density at radius 1 is 1.32 bits per heavy atom. The van der Waals surface area contributed by atoms with Gasteiger partial charge in [0.25, 0.3) is 0 Å². The fourth-order valence-electron chi connectivity index (χ4n) is 3.74. The number of hydrogen-bond acceptors (Lipinski definition) is 5. The highest BCUT2D eigenvalue weighted by Gasteiger charge is 2.26. The van der Waals surface area contributed by atoms with Crippen molar-refractivity contribution in [2.45, 2.75) is 38.6 Å². The topological polar surface area (TPSA) is 99.4 Å². The van der Waals surface area contributed by atoms with Crippen molar-refractivity contribution in [3.05, 3.63) is 24.0 Å². The van der Waals surface area contributed by atoms with Crippen molar-refractivity contribution in [1.82, 2.24) is 14.5 Å². The standard InChI is InChI=1S/C18H27N5O2/c1-2-9-22-10-6-13(7-11-22)17-21-16-14(23(17)12-8-19)4-3-5-15(16)25-18(20)24/h3-5,13H,2,6-12,19H2,1H3,(H2,20,24). The lowest BCUT2D eigenvalue weighted by Crippen LogP contribution is -2.34. The van der Waals surface area contributed by atoms with Gasteiger partial charge in [0.2, 0.25) is 0 Å². The minimum atomic E-state index is -0.824. The first-order chi connectivity index (χ1) is 12.1. The van der Waals surface area contributed by atoms with Crippen molar-refractivity contribution in [3.8, 4) is 5.75 Å². The number of fused-ring (bicyclic) bond motifs is 1. The lowest BCUT2D eigenvalue weighted by atomic mass is 9.95. The summed E-state index contributed by atoms with van der Waals surface area (Å²) in [7, 11) is 0. The summed E-state index contributed by atoms with van der Waals surface area (Å²) in [5.41, 5.74) is 12.6. The largest absolute Gasteiger partial charge is 0.410 e. The number of piperidine rings is 1. The monoisotopic (exact) mass is 345 g/mol. The molecule has 25 heavy (non-hydrogen) atoms. The van der Waals surface area contributed by atoms with Gasteiger partial charge in [-0.05, 0) is 51.0 Å². The highest BCUT2D eigenvalue weighted by Crippen LogP contribution is 2.33. The van der Waals surface area contributed by atoms with E-state index in [0.717, 1.165) is 43.8 Å². The Labute approximate surface area is 147 Å². The average molecular weight is 345 g/mol. The quantitative estimate of drug-likeness (QED) is 0.834. The third-order valence-electron chi connectivity index (χ3n) is 4.83. The highest BCUT2D eigenvalue weighted by atomic mass is 16.5. The number of likely N-dealkylation sites (tertiary alicyclic amines) is 1. The molecule has 1 amide bonds. The molecule has 0 aliphatic carbocycles. The van der Waals surface area contributed by atoms with E-state index in [1.165, 1.54) is 6.42 Å². The SMILES string of the molecule is CCCN1CCC(c2nc3c(OC(N)=O)cccc3n2CCN)CC1. The smallest absolute Gasteiger partial charge is 0.408 e. The maximum Gasteiger partial charge on any atom is 0.410 e. The van der Waals surface area contributed by atoms with Gasteiger partial charge in [0.05, 0.1) is 5.52 Å². The first-order valence-electron chi connectivity index (χ1n) is 9.02. The van der Waals surface area contributed by atoms with Crippen molar-refractivity contribution in [1.29, 1.82) is 0 Å². The zero-order chi connectivity index (χ0) is 17.8. The molecule has 1 aliphatic heterocycles. The Morgan fingerprint density at radius 2 is 2.08 bits per heavy atom. The number of carbonyl (C=O) groups excluding carboxylic acids is 1. The Balaban J connectivity index is 1.94. The molecule has 2 heterocycles. The lowest BCUT2D eigenvalue weighted by molar-refractivity contribution is 0.208. The number of carbonyl (C=O) groups is 1. The fourth-order valence-corrected chi connectivity index (χ4v) is 3.74. The molecule has 0 spiro atoms. The number of imidazole rings is 1. The molecule has 2 aromatic rings. The maximum absolute atomic E-state index is 11.2. The van der Waals surface area contributed by atoms with Gasteiger partial charge in [-0.25, -0.2) is 9.78 Å². The molecule has 1 saturated heterocycles. The molecular weight excluding hydrogens is 318 g/mol. The summed E-state index contributed by atoms with van der Waals surface area (Å²) in [4.78, 5) is 18.5. The van der Waals surface area contributed by atoms with Gasteiger partial charge < -0.3 is 25.7 Å². The van der Waals surface area contributed by atoms with Gasteiger partial charge in [0, 0.05) is 19.0 Å². The first-order valence-corrected chi connectivity index (χ1v) is 9.02. The molecule has 136 valence electrons. The van der Waals surface area contributed by atoms with Crippen molar-refractivity contribution < 1.29 is 9.53 Å². The normalized spacial score (nSPS) is 16.4. The number of ether oxygens (including phenoxy) is 1. The van der Waals surface area contributed by atoms with E-state index < -0.39 is 6.09 Å². The Hall–Kier alpha value is -2.12. The summed E-state index contributed by atoms with van der Waals surface area (Å²) in [6, 6.07) is 5.56. The molecule has 1 aliphatic rings. The van der Waals surface area contributed by atoms with Crippen LogP contribution in [-0.2, 0) is 6.54 Å². The Kier molecular flexibility index (Phi) is 5.55. The van der Waals surface area contributed by atoms with E-state index in [1.54, 1.807) is 6.07 Å². The number of hydrogen-bond donors (Lipinski definition) is 2. The summed E-state index contributed by atoms with van der Waals surface area (Å²) < 4.78 is 7.30. The molecule has 7 heteroatoms. The molecule has 1 aromatic heterocycles. The molecule has 3 rings (SSSR count). The van der Waals surface area contributed by atoms with Crippen LogP contribution < -0.4 is 16.2 Å². The first kappa shape index (κ1) is 17.7. The summed E-state index contributed by atoms with van der Waals surface area (Å²) in [6.07, 6.45) is 2.53. The van der Waals surface area contributed by atoms with Crippen LogP contribution in [0.1, 0.15) is 37.9 Å². The minimum absolute atomic E-state index is 0.397. The predicted octanol–water partition coefficient (Wildman–Crippen LogP) is 2.04. The van der Waals surface area contributed by atoms with Gasteiger partial charge in [-0.1, -0.05) is 13.0 Å². The number of aromatic nitrogens is 2. The predicted molar refractivity (Wildman–Crippen MR) is 97.7 cm³/mol. The molecule has 4 N–H and O–H groups in total. The summed E-state index contributed by atoms with van der Waals surface area (Å²) in [5, 5.41) is 0. The van der Waals surface area contributed by atoms with Gasteiger partial charge in [-0.15, -0.1) is 0 Å². The zero-order valence-electron chi connectivity index (χ0n) is 14.8. The van der Waals surface area contributed by atoms with E-state index >= 15 is 0 Å². The second-order valence-electron chi connectivity index (χ2n) is 6.57. The molecule has 0 radical (unpaired) electrons. The van der Waals surface area contributed by atoms with E-state index in [-0.39, 0.29) is 0 Å². The van der Waals surface area contributed by atoms with Crippen LogP contribution in [0.25, 0.3) is 11.0 Å². The van der Waals surface area contributed by atoms with Crippen LogP contribution in [0.2, 0.25) is 0 Å². The Bertz CT molecular complexity index is 734. The summed E-state index contributed by atoms with van der Waals surface area (Å²) in [6.45, 7) is 6.79. The van der Waals surface area contributed by atoms with Crippen LogP contribution in [0.5, 0.6) is 5.75 Å². The van der Waals surface area contributed by atoms with Crippen LogP contribution in [0.15, 0.2) is 18.2 Å². The van der Waals surface area contributed by atoms with E-state index in [1.807, 2.05) is 12.1 Å². The van der Waals surface area contributed by atoms with E-state index in [9.17, 15) is 4.79 Å². The number of primary amides is 1. The molecule has 0 atom stereocenters. The van der Waals surface area contributed by atoms with Crippen LogP contribution in [0.4, 0.5) is 4.79 Å². The third kappa shape index (κ3) is 3.77. The number of amides is 1. The summed E-state index contributed by atoms with van der Waals surface area (Å²) >= 11 is 0. The van der Waals surface area contributed by atoms with E-state index in [0.29, 0.717) is 30.3 Å². The van der Waals surface area contributed by atoms with Crippen molar-refractivity contribution >= 4 is 17.1 Å². The average Bonchev–Trinajstić information content (AvgIpc) is 2.96. The number of para-hydroxylation sites is 1. The highest BCUT2D eigenvalue weighted by molar-refractivity contribution is 5.85. The van der Waals surface area contributed by atoms with Crippen molar-refractivity contribution in [2.24, 2.45) is 11.5 Å². The lowest BCUT2D eigenvalue weighted by Gasteiger charge is -2.31. The zero-order valence-corrected chi connectivity index (χ0v) is 14.8. The van der Waals surface area contributed by atoms with Gasteiger partial charge in [-0.3, -0.25) is 0 Å². The van der Waals surface area contributed by atoms with Crippen LogP contribution in [0, 0.1) is 0 Å². The van der Waals surface area contributed by atoms with Crippen LogP contribution in [0.3, 0.4) is 0 Å². The van der Waals surface area contributed by atoms with E-state index in [2.05, 4.69) is 16.4 Å². The molecule has 0 bridgehead atoms. The number of rotatable bonds is 6.